The Kier molecular flexibility index (Phi) is 8.64. The molecular weight excluding hydrogens is 410 g/mol. The lowest BCUT2D eigenvalue weighted by atomic mass is 9.93. The van der Waals surface area contributed by atoms with Crippen molar-refractivity contribution in [2.75, 3.05) is 37.7 Å². The Morgan fingerprint density at radius 2 is 1.78 bits per heavy atom. The number of fused-ring (bicyclic) bond motifs is 3. The number of carbonyl (C=O) groups excluding carboxylic acids is 2. The van der Waals surface area contributed by atoms with Crippen LogP contribution in [0, 0.1) is 0 Å². The highest BCUT2D eigenvalue weighted by Gasteiger charge is 2.33. The van der Waals surface area contributed by atoms with Crippen molar-refractivity contribution in [1.82, 2.24) is 9.80 Å². The van der Waals surface area contributed by atoms with Crippen molar-refractivity contribution >= 4 is 23.5 Å². The van der Waals surface area contributed by atoms with Crippen LogP contribution in [0.2, 0.25) is 0 Å². The number of likely N-dealkylation sites (N-methyl/N-ethyl adjacent to an activating group) is 1. The summed E-state index contributed by atoms with van der Waals surface area (Å²) < 4.78 is 5.12. The van der Waals surface area contributed by atoms with E-state index < -0.39 is 12.6 Å². The second-order valence-corrected chi connectivity index (χ2v) is 8.55. The summed E-state index contributed by atoms with van der Waals surface area (Å²) in [6, 6.07) is 8.37. The summed E-state index contributed by atoms with van der Waals surface area (Å²) in [4.78, 5) is 42.9. The van der Waals surface area contributed by atoms with Gasteiger partial charge in [-0.25, -0.2) is 4.79 Å². The first kappa shape index (κ1) is 24.2. The van der Waals surface area contributed by atoms with Gasteiger partial charge in [0.15, 0.2) is 0 Å². The molecule has 2 amide bonds. The van der Waals surface area contributed by atoms with Crippen molar-refractivity contribution in [3.63, 3.8) is 0 Å². The molecule has 32 heavy (non-hydrogen) atoms. The molecule has 1 aromatic rings. The number of hydrogen-bond acceptors (Lipinski definition) is 5. The third-order valence-electron chi connectivity index (χ3n) is 6.55. The van der Waals surface area contributed by atoms with Gasteiger partial charge in [-0.1, -0.05) is 38.5 Å². The van der Waals surface area contributed by atoms with Gasteiger partial charge in [-0.05, 0) is 37.4 Å². The Labute approximate surface area is 190 Å². The van der Waals surface area contributed by atoms with Gasteiger partial charge in [0.05, 0.1) is 0 Å². The second kappa shape index (κ2) is 11.4. The van der Waals surface area contributed by atoms with Gasteiger partial charge in [-0.15, -0.1) is 0 Å². The molecule has 8 heteroatoms. The van der Waals surface area contributed by atoms with Gasteiger partial charge in [0, 0.05) is 43.8 Å². The van der Waals surface area contributed by atoms with Gasteiger partial charge >= 0.3 is 5.97 Å². The first-order valence-corrected chi connectivity index (χ1v) is 11.7. The standard InChI is InChI=1S/C24H35N3O5/c1-3-22(28)27-13-12-19-9-7-10-20(26(19)4-2)15-25(23(29)16-32-17-24(30)31)14-18-8-5-6-11-21(18)27/h5-6,8,11,19-20H,3-4,7,9-10,12-17H2,1-2H3,(H,30,31). The van der Waals surface area contributed by atoms with E-state index in [0.29, 0.717) is 32.1 Å². The SMILES string of the molecule is CCC(=O)N1CCC2CCCC(CN(C(=O)COCC(=O)O)Cc3ccccc31)N2CC. The highest BCUT2D eigenvalue weighted by molar-refractivity contribution is 5.94. The van der Waals surface area contributed by atoms with Crippen LogP contribution in [-0.4, -0.2) is 77.6 Å². The molecule has 0 spiro atoms. The van der Waals surface area contributed by atoms with Gasteiger partial charge < -0.3 is 19.6 Å². The average molecular weight is 446 g/mol. The molecule has 2 aliphatic rings. The van der Waals surface area contributed by atoms with E-state index in [1.165, 1.54) is 0 Å². The number of ether oxygens (including phenoxy) is 1. The monoisotopic (exact) mass is 445 g/mol. The molecule has 0 radical (unpaired) electrons. The molecule has 1 N–H and O–H groups in total. The summed E-state index contributed by atoms with van der Waals surface area (Å²) in [6.45, 7) is 5.73. The van der Waals surface area contributed by atoms with Crippen LogP contribution in [0.3, 0.4) is 0 Å². The fraction of sp³-hybridized carbons (Fsp3) is 0.625. The Bertz CT molecular complexity index is 815. The van der Waals surface area contributed by atoms with Crippen LogP contribution in [0.15, 0.2) is 24.3 Å². The normalized spacial score (nSPS) is 22.1. The lowest BCUT2D eigenvalue weighted by Gasteiger charge is -2.43. The number of amides is 2. The van der Waals surface area contributed by atoms with E-state index in [-0.39, 0.29) is 24.5 Å². The lowest BCUT2D eigenvalue weighted by Crippen LogP contribution is -2.53. The molecule has 2 heterocycles. The zero-order valence-electron chi connectivity index (χ0n) is 19.2. The Balaban J connectivity index is 1.95. The lowest BCUT2D eigenvalue weighted by molar-refractivity contribution is -0.146. The second-order valence-electron chi connectivity index (χ2n) is 8.55. The molecule has 0 aromatic heterocycles. The molecule has 1 aromatic carbocycles. The minimum Gasteiger partial charge on any atom is -0.480 e. The van der Waals surface area contributed by atoms with Crippen LogP contribution in [0.1, 0.15) is 51.5 Å². The number of piperidine rings is 1. The average Bonchev–Trinajstić information content (AvgIpc) is 2.79. The van der Waals surface area contributed by atoms with E-state index >= 15 is 0 Å². The smallest absolute Gasteiger partial charge is 0.329 e. The highest BCUT2D eigenvalue weighted by atomic mass is 16.5. The third kappa shape index (κ3) is 5.86. The fourth-order valence-corrected chi connectivity index (χ4v) is 5.03. The quantitative estimate of drug-likeness (QED) is 0.724. The molecule has 2 atom stereocenters. The molecule has 1 fully saturated rings. The van der Waals surface area contributed by atoms with Gasteiger partial charge in [0.2, 0.25) is 11.8 Å². The first-order chi connectivity index (χ1) is 15.4. The largest absolute Gasteiger partial charge is 0.480 e. The van der Waals surface area contributed by atoms with E-state index in [9.17, 15) is 14.4 Å². The van der Waals surface area contributed by atoms with Gasteiger partial charge in [-0.2, -0.15) is 0 Å². The van der Waals surface area contributed by atoms with Gasteiger partial charge in [0.25, 0.3) is 0 Å². The van der Waals surface area contributed by atoms with E-state index in [4.69, 9.17) is 9.84 Å². The Hall–Kier alpha value is -2.45. The number of para-hydroxylation sites is 1. The molecule has 2 unspecified atom stereocenters. The summed E-state index contributed by atoms with van der Waals surface area (Å²) >= 11 is 0. The number of aliphatic carboxylic acids is 1. The van der Waals surface area contributed by atoms with E-state index in [1.807, 2.05) is 36.1 Å². The van der Waals surface area contributed by atoms with Crippen molar-refractivity contribution < 1.29 is 24.2 Å². The number of carboxylic acid groups (broad SMARTS) is 1. The molecule has 3 rings (SSSR count). The minimum atomic E-state index is -1.10. The summed E-state index contributed by atoms with van der Waals surface area (Å²) in [5, 5.41) is 8.84. The molecule has 8 nitrogen and oxygen atoms in total. The topological polar surface area (TPSA) is 90.4 Å². The maximum atomic E-state index is 13.1. The molecule has 2 bridgehead atoms. The number of carboxylic acids is 1. The van der Waals surface area contributed by atoms with Gasteiger partial charge in [-0.3, -0.25) is 14.5 Å². The molecule has 176 valence electrons. The summed E-state index contributed by atoms with van der Waals surface area (Å²) in [5.74, 6) is -1.25. The number of rotatable bonds is 6. The molecule has 0 aliphatic carbocycles. The summed E-state index contributed by atoms with van der Waals surface area (Å²) in [7, 11) is 0. The maximum Gasteiger partial charge on any atom is 0.329 e. The fourth-order valence-electron chi connectivity index (χ4n) is 5.03. The molecule has 2 aliphatic heterocycles. The van der Waals surface area contributed by atoms with Crippen LogP contribution < -0.4 is 4.90 Å². The van der Waals surface area contributed by atoms with E-state index in [1.54, 1.807) is 4.90 Å². The predicted octanol–water partition coefficient (Wildman–Crippen LogP) is 2.51. The Morgan fingerprint density at radius 1 is 1.03 bits per heavy atom. The van der Waals surface area contributed by atoms with Crippen LogP contribution in [0.5, 0.6) is 0 Å². The van der Waals surface area contributed by atoms with Crippen molar-refractivity contribution in [2.24, 2.45) is 0 Å². The van der Waals surface area contributed by atoms with Gasteiger partial charge in [0.1, 0.15) is 13.2 Å². The van der Waals surface area contributed by atoms with Crippen LogP contribution >= 0.6 is 0 Å². The predicted molar refractivity (Wildman–Crippen MR) is 121 cm³/mol. The van der Waals surface area contributed by atoms with Crippen molar-refractivity contribution in [3.05, 3.63) is 29.8 Å². The number of carbonyl (C=O) groups is 3. The highest BCUT2D eigenvalue weighted by Crippen LogP contribution is 2.30. The number of hydrogen-bond donors (Lipinski definition) is 1. The molecular formula is C24H35N3O5. The Morgan fingerprint density at radius 3 is 2.50 bits per heavy atom. The zero-order valence-corrected chi connectivity index (χ0v) is 19.2. The summed E-state index contributed by atoms with van der Waals surface area (Å²) in [6.07, 6.45) is 4.53. The van der Waals surface area contributed by atoms with E-state index in [0.717, 1.165) is 43.5 Å². The van der Waals surface area contributed by atoms with Crippen molar-refractivity contribution in [1.29, 1.82) is 0 Å². The minimum absolute atomic E-state index is 0.0785. The summed E-state index contributed by atoms with van der Waals surface area (Å²) in [5.41, 5.74) is 1.77. The van der Waals surface area contributed by atoms with Crippen molar-refractivity contribution in [3.8, 4) is 0 Å². The molecule has 0 saturated carbocycles. The third-order valence-corrected chi connectivity index (χ3v) is 6.55. The maximum absolute atomic E-state index is 13.1. The zero-order chi connectivity index (χ0) is 23.1. The van der Waals surface area contributed by atoms with Crippen LogP contribution in [0.25, 0.3) is 0 Å². The van der Waals surface area contributed by atoms with Crippen molar-refractivity contribution in [2.45, 2.75) is 64.6 Å². The molecule has 1 saturated heterocycles. The first-order valence-electron chi connectivity index (χ1n) is 11.7. The number of anilines is 1. The van der Waals surface area contributed by atoms with E-state index in [2.05, 4.69) is 11.8 Å². The van der Waals surface area contributed by atoms with Crippen LogP contribution in [-0.2, 0) is 25.7 Å². The number of benzene rings is 1. The number of nitrogens with zero attached hydrogens (tertiary/aromatic N) is 3. The van der Waals surface area contributed by atoms with Crippen LogP contribution in [0.4, 0.5) is 5.69 Å².